The number of hydrogen-bond donors (Lipinski definition) is 1. The van der Waals surface area contributed by atoms with E-state index in [-0.39, 0.29) is 5.91 Å². The molecule has 116 valence electrons. The van der Waals surface area contributed by atoms with E-state index in [1.807, 2.05) is 45.0 Å². The molecule has 0 aliphatic rings. The zero-order valence-corrected chi connectivity index (χ0v) is 13.9. The molecule has 1 atom stereocenters. The van der Waals surface area contributed by atoms with Crippen LogP contribution in [0.2, 0.25) is 0 Å². The summed E-state index contributed by atoms with van der Waals surface area (Å²) in [4.78, 5) is 12.3. The van der Waals surface area contributed by atoms with Gasteiger partial charge in [0.15, 0.2) is 6.10 Å². The molecular formula is C19H23NO2. The number of ether oxygens (including phenoxy) is 1. The highest BCUT2D eigenvalue weighted by Gasteiger charge is 2.16. The summed E-state index contributed by atoms with van der Waals surface area (Å²) in [5.74, 6) is 0.557. The zero-order chi connectivity index (χ0) is 16.3. The lowest BCUT2D eigenvalue weighted by Crippen LogP contribution is -2.30. The van der Waals surface area contributed by atoms with Crippen LogP contribution >= 0.6 is 0 Å². The number of benzene rings is 2. The van der Waals surface area contributed by atoms with Crippen molar-refractivity contribution in [3.63, 3.8) is 0 Å². The topological polar surface area (TPSA) is 38.3 Å². The Labute approximate surface area is 132 Å². The molecule has 2 rings (SSSR count). The summed E-state index contributed by atoms with van der Waals surface area (Å²) in [5.41, 5.74) is 5.35. The maximum atomic E-state index is 12.3. The molecule has 3 heteroatoms. The Balaban J connectivity index is 2.07. The lowest BCUT2D eigenvalue weighted by Gasteiger charge is -2.17. The van der Waals surface area contributed by atoms with Gasteiger partial charge in [0, 0.05) is 5.69 Å². The summed E-state index contributed by atoms with van der Waals surface area (Å²) in [5, 5.41) is 2.97. The van der Waals surface area contributed by atoms with E-state index in [0.717, 1.165) is 22.4 Å². The molecule has 0 aliphatic heterocycles. The van der Waals surface area contributed by atoms with Crippen molar-refractivity contribution in [2.45, 2.75) is 40.7 Å². The largest absolute Gasteiger partial charge is 0.481 e. The lowest BCUT2D eigenvalue weighted by molar-refractivity contribution is -0.122. The minimum Gasteiger partial charge on any atom is -0.481 e. The van der Waals surface area contributed by atoms with Crippen molar-refractivity contribution in [1.29, 1.82) is 0 Å². The van der Waals surface area contributed by atoms with Gasteiger partial charge in [0.25, 0.3) is 5.91 Å². The molecule has 2 aromatic carbocycles. The first-order chi connectivity index (χ1) is 10.4. The van der Waals surface area contributed by atoms with E-state index in [1.54, 1.807) is 6.92 Å². The quantitative estimate of drug-likeness (QED) is 0.912. The van der Waals surface area contributed by atoms with Crippen LogP contribution in [0.15, 0.2) is 36.4 Å². The second kappa shape index (κ2) is 6.65. The van der Waals surface area contributed by atoms with Crippen LogP contribution in [0.1, 0.15) is 29.2 Å². The van der Waals surface area contributed by atoms with Gasteiger partial charge in [-0.1, -0.05) is 35.4 Å². The Bertz CT molecular complexity index is 651. The standard InChI is InChI=1S/C19H23NO2/c1-12-6-8-17(9-7-12)22-16(5)19(21)20-18-14(3)10-13(2)11-15(18)4/h6-11,16H,1-5H3,(H,20,21). The molecule has 1 N–H and O–H groups in total. The molecule has 0 aliphatic carbocycles. The van der Waals surface area contributed by atoms with E-state index in [2.05, 4.69) is 24.4 Å². The number of amides is 1. The van der Waals surface area contributed by atoms with Gasteiger partial charge < -0.3 is 10.1 Å². The van der Waals surface area contributed by atoms with Gasteiger partial charge in [0.2, 0.25) is 0 Å². The summed E-state index contributed by atoms with van der Waals surface area (Å²) in [6.07, 6.45) is -0.553. The Hall–Kier alpha value is -2.29. The Morgan fingerprint density at radius 1 is 0.955 bits per heavy atom. The maximum Gasteiger partial charge on any atom is 0.265 e. The van der Waals surface area contributed by atoms with Gasteiger partial charge in [-0.25, -0.2) is 0 Å². The van der Waals surface area contributed by atoms with Crippen molar-refractivity contribution in [3.05, 3.63) is 58.7 Å². The van der Waals surface area contributed by atoms with Crippen molar-refractivity contribution < 1.29 is 9.53 Å². The third-order valence-electron chi connectivity index (χ3n) is 3.63. The second-order valence-corrected chi connectivity index (χ2v) is 5.84. The van der Waals surface area contributed by atoms with Crippen LogP contribution in [-0.2, 0) is 4.79 Å². The van der Waals surface area contributed by atoms with Crippen LogP contribution in [0, 0.1) is 27.7 Å². The van der Waals surface area contributed by atoms with E-state index < -0.39 is 6.10 Å². The van der Waals surface area contributed by atoms with Crippen molar-refractivity contribution in [2.24, 2.45) is 0 Å². The molecule has 0 heterocycles. The smallest absolute Gasteiger partial charge is 0.265 e. The monoisotopic (exact) mass is 297 g/mol. The molecule has 0 fully saturated rings. The highest BCUT2D eigenvalue weighted by molar-refractivity contribution is 5.95. The van der Waals surface area contributed by atoms with Crippen LogP contribution in [0.25, 0.3) is 0 Å². The molecular weight excluding hydrogens is 274 g/mol. The van der Waals surface area contributed by atoms with Gasteiger partial charge >= 0.3 is 0 Å². The highest BCUT2D eigenvalue weighted by Crippen LogP contribution is 2.22. The van der Waals surface area contributed by atoms with Crippen molar-refractivity contribution >= 4 is 11.6 Å². The maximum absolute atomic E-state index is 12.3. The summed E-state index contributed by atoms with van der Waals surface area (Å²) in [6, 6.07) is 11.8. The number of hydrogen-bond acceptors (Lipinski definition) is 2. The van der Waals surface area contributed by atoms with Crippen LogP contribution in [0.3, 0.4) is 0 Å². The first-order valence-corrected chi connectivity index (χ1v) is 7.49. The molecule has 1 amide bonds. The Morgan fingerprint density at radius 2 is 1.50 bits per heavy atom. The average Bonchev–Trinajstić information content (AvgIpc) is 2.45. The van der Waals surface area contributed by atoms with E-state index in [0.29, 0.717) is 5.75 Å². The number of nitrogens with one attached hydrogen (secondary N) is 1. The van der Waals surface area contributed by atoms with Gasteiger partial charge in [0.05, 0.1) is 0 Å². The SMILES string of the molecule is Cc1ccc(OC(C)C(=O)Nc2c(C)cc(C)cc2C)cc1. The fraction of sp³-hybridized carbons (Fsp3) is 0.316. The Morgan fingerprint density at radius 3 is 2.05 bits per heavy atom. The summed E-state index contributed by atoms with van der Waals surface area (Å²) < 4.78 is 5.69. The van der Waals surface area contributed by atoms with Crippen LogP contribution in [0.4, 0.5) is 5.69 Å². The fourth-order valence-electron chi connectivity index (χ4n) is 2.48. The first-order valence-electron chi connectivity index (χ1n) is 7.49. The van der Waals surface area contributed by atoms with E-state index in [9.17, 15) is 4.79 Å². The number of carbonyl (C=O) groups is 1. The highest BCUT2D eigenvalue weighted by atomic mass is 16.5. The van der Waals surface area contributed by atoms with Gasteiger partial charge in [-0.3, -0.25) is 4.79 Å². The molecule has 0 bridgehead atoms. The number of carbonyl (C=O) groups excluding carboxylic acids is 1. The third-order valence-corrected chi connectivity index (χ3v) is 3.63. The number of anilines is 1. The molecule has 0 saturated heterocycles. The van der Waals surface area contributed by atoms with Gasteiger partial charge in [-0.2, -0.15) is 0 Å². The normalized spacial score (nSPS) is 11.9. The average molecular weight is 297 g/mol. The minimum absolute atomic E-state index is 0.143. The van der Waals surface area contributed by atoms with Gasteiger partial charge in [0.1, 0.15) is 5.75 Å². The fourth-order valence-corrected chi connectivity index (χ4v) is 2.48. The third kappa shape index (κ3) is 3.88. The van der Waals surface area contributed by atoms with Crippen LogP contribution < -0.4 is 10.1 Å². The molecule has 0 saturated carbocycles. The summed E-state index contributed by atoms with van der Waals surface area (Å²) in [7, 11) is 0. The van der Waals surface area contributed by atoms with Gasteiger partial charge in [-0.05, 0) is 57.9 Å². The second-order valence-electron chi connectivity index (χ2n) is 5.84. The van der Waals surface area contributed by atoms with Crippen molar-refractivity contribution in [1.82, 2.24) is 0 Å². The minimum atomic E-state index is -0.553. The predicted molar refractivity (Wildman–Crippen MR) is 90.6 cm³/mol. The summed E-state index contributed by atoms with van der Waals surface area (Å²) >= 11 is 0. The van der Waals surface area contributed by atoms with Crippen LogP contribution in [0.5, 0.6) is 5.75 Å². The first kappa shape index (κ1) is 16.1. The predicted octanol–water partition coefficient (Wildman–Crippen LogP) is 4.33. The molecule has 22 heavy (non-hydrogen) atoms. The summed E-state index contributed by atoms with van der Waals surface area (Å²) in [6.45, 7) is 9.83. The number of rotatable bonds is 4. The zero-order valence-electron chi connectivity index (χ0n) is 13.9. The lowest BCUT2D eigenvalue weighted by atomic mass is 10.0. The van der Waals surface area contributed by atoms with E-state index in [4.69, 9.17) is 4.74 Å². The Kier molecular flexibility index (Phi) is 4.86. The molecule has 3 nitrogen and oxygen atoms in total. The van der Waals surface area contributed by atoms with Crippen molar-refractivity contribution in [3.8, 4) is 5.75 Å². The number of aryl methyl sites for hydroxylation is 4. The molecule has 0 aromatic heterocycles. The van der Waals surface area contributed by atoms with E-state index in [1.165, 1.54) is 5.56 Å². The molecule has 2 aromatic rings. The van der Waals surface area contributed by atoms with E-state index >= 15 is 0 Å². The molecule has 0 radical (unpaired) electrons. The van der Waals surface area contributed by atoms with Crippen molar-refractivity contribution in [2.75, 3.05) is 5.32 Å². The molecule has 0 spiro atoms. The van der Waals surface area contributed by atoms with Crippen LogP contribution in [-0.4, -0.2) is 12.0 Å². The molecule has 1 unspecified atom stereocenters. The van der Waals surface area contributed by atoms with Gasteiger partial charge in [-0.15, -0.1) is 0 Å².